The normalized spacial score (nSPS) is 19.4. The summed E-state index contributed by atoms with van der Waals surface area (Å²) in [6.07, 6.45) is 0.807. The second-order valence-electron chi connectivity index (χ2n) is 5.62. The zero-order chi connectivity index (χ0) is 17.7. The van der Waals surface area contributed by atoms with Crippen molar-refractivity contribution in [1.29, 1.82) is 0 Å². The number of nitrogens with zero attached hydrogens (tertiary/aromatic N) is 1. The summed E-state index contributed by atoms with van der Waals surface area (Å²) in [4.78, 5) is 13.9. The average molecular weight is 381 g/mol. The molecule has 1 saturated heterocycles. The van der Waals surface area contributed by atoms with Gasteiger partial charge in [-0.15, -0.1) is 12.4 Å². The van der Waals surface area contributed by atoms with Gasteiger partial charge in [-0.3, -0.25) is 4.79 Å². The van der Waals surface area contributed by atoms with E-state index in [1.54, 1.807) is 13.1 Å². The van der Waals surface area contributed by atoms with Crippen molar-refractivity contribution in [2.24, 2.45) is 5.73 Å². The molecule has 0 spiro atoms. The van der Waals surface area contributed by atoms with Crippen LogP contribution in [0.25, 0.3) is 0 Å². The van der Waals surface area contributed by atoms with Crippen LogP contribution in [0.4, 0.5) is 8.78 Å². The predicted molar refractivity (Wildman–Crippen MR) is 90.3 cm³/mol. The van der Waals surface area contributed by atoms with Crippen LogP contribution in [-0.4, -0.2) is 50.3 Å². The first-order valence-corrected chi connectivity index (χ1v) is 7.66. The molecule has 0 aliphatic carbocycles. The first kappa shape index (κ1) is 21.4. The summed E-state index contributed by atoms with van der Waals surface area (Å²) in [6, 6.07) is 4.66. The topological polar surface area (TPSA) is 74.0 Å². The molecule has 0 saturated carbocycles. The molecule has 1 aliphatic rings. The van der Waals surface area contributed by atoms with Crippen LogP contribution in [0.5, 0.6) is 11.5 Å². The third-order valence-electron chi connectivity index (χ3n) is 3.89. The van der Waals surface area contributed by atoms with Gasteiger partial charge in [-0.05, 0) is 30.5 Å². The zero-order valence-electron chi connectivity index (χ0n) is 14.1. The van der Waals surface area contributed by atoms with Crippen LogP contribution in [-0.2, 0) is 16.1 Å². The van der Waals surface area contributed by atoms with E-state index in [0.29, 0.717) is 18.5 Å². The molecule has 0 radical (unpaired) electrons. The van der Waals surface area contributed by atoms with Gasteiger partial charge in [-0.1, -0.05) is 6.07 Å². The van der Waals surface area contributed by atoms with E-state index in [0.717, 1.165) is 6.42 Å². The lowest BCUT2D eigenvalue weighted by Crippen LogP contribution is -2.36. The molecule has 0 bridgehead atoms. The number of benzene rings is 1. The number of methoxy groups -OCH3 is 1. The maximum Gasteiger partial charge on any atom is 0.387 e. The largest absolute Gasteiger partial charge is 0.493 e. The Morgan fingerprint density at radius 1 is 1.40 bits per heavy atom. The molecule has 1 aliphatic heterocycles. The highest BCUT2D eigenvalue weighted by molar-refractivity contribution is 5.85. The number of hydrogen-bond acceptors (Lipinski definition) is 5. The number of hydrogen-bond donors (Lipinski definition) is 1. The van der Waals surface area contributed by atoms with E-state index in [2.05, 4.69) is 4.74 Å². The van der Waals surface area contributed by atoms with Crippen LogP contribution in [0.2, 0.25) is 0 Å². The smallest absolute Gasteiger partial charge is 0.387 e. The fraction of sp³-hybridized carbons (Fsp3) is 0.562. The van der Waals surface area contributed by atoms with Crippen molar-refractivity contribution < 1.29 is 27.8 Å². The molecule has 2 atom stereocenters. The summed E-state index contributed by atoms with van der Waals surface area (Å²) in [7, 11) is 3.01. The summed E-state index contributed by atoms with van der Waals surface area (Å²) in [5.74, 6) is -0.0119. The number of nitrogens with two attached hydrogens (primary N) is 1. The highest BCUT2D eigenvalue weighted by Gasteiger charge is 2.31. The summed E-state index contributed by atoms with van der Waals surface area (Å²) in [6.45, 7) is -2.32. The molecule has 0 aromatic heterocycles. The number of ether oxygens (including phenoxy) is 3. The Balaban J connectivity index is 0.00000312. The van der Waals surface area contributed by atoms with E-state index in [1.165, 1.54) is 24.1 Å². The summed E-state index contributed by atoms with van der Waals surface area (Å²) < 4.78 is 39.9. The minimum atomic E-state index is -2.95. The first-order chi connectivity index (χ1) is 11.4. The Kier molecular flexibility index (Phi) is 8.34. The number of amides is 1. The van der Waals surface area contributed by atoms with Gasteiger partial charge in [-0.25, -0.2) is 0 Å². The van der Waals surface area contributed by atoms with Crippen LogP contribution < -0.4 is 15.2 Å². The molecule has 25 heavy (non-hydrogen) atoms. The molecule has 2 rings (SSSR count). The van der Waals surface area contributed by atoms with E-state index in [1.807, 2.05) is 0 Å². The van der Waals surface area contributed by atoms with Crippen LogP contribution >= 0.6 is 12.4 Å². The molecule has 1 heterocycles. The lowest BCUT2D eigenvalue weighted by molar-refractivity contribution is -0.141. The lowest BCUT2D eigenvalue weighted by atomic mass is 10.1. The fourth-order valence-corrected chi connectivity index (χ4v) is 2.67. The zero-order valence-corrected chi connectivity index (χ0v) is 14.9. The first-order valence-electron chi connectivity index (χ1n) is 7.66. The van der Waals surface area contributed by atoms with Gasteiger partial charge in [0, 0.05) is 20.1 Å². The monoisotopic (exact) mass is 380 g/mol. The van der Waals surface area contributed by atoms with E-state index in [9.17, 15) is 13.6 Å². The second kappa shape index (κ2) is 9.74. The molecular weight excluding hydrogens is 358 g/mol. The molecule has 0 unspecified atom stereocenters. The van der Waals surface area contributed by atoms with Gasteiger partial charge in [0.2, 0.25) is 0 Å². The predicted octanol–water partition coefficient (Wildman–Crippen LogP) is 2.18. The molecule has 142 valence electrons. The van der Waals surface area contributed by atoms with Crippen LogP contribution in [0.3, 0.4) is 0 Å². The Morgan fingerprint density at radius 2 is 2.12 bits per heavy atom. The SMILES string of the molecule is COc1ccc(CN(C)C(=O)[C@@H]2CC[C@H](CN)O2)cc1OC(F)F.Cl. The molecule has 1 fully saturated rings. The Bertz CT molecular complexity index is 577. The van der Waals surface area contributed by atoms with E-state index in [-0.39, 0.29) is 42.5 Å². The molecule has 6 nitrogen and oxygen atoms in total. The highest BCUT2D eigenvalue weighted by atomic mass is 35.5. The van der Waals surface area contributed by atoms with E-state index >= 15 is 0 Å². The van der Waals surface area contributed by atoms with Crippen molar-refractivity contribution in [3.8, 4) is 11.5 Å². The van der Waals surface area contributed by atoms with Crippen molar-refractivity contribution in [2.75, 3.05) is 20.7 Å². The number of alkyl halides is 2. The molecule has 1 amide bonds. The Hall–Kier alpha value is -1.64. The molecule has 2 N–H and O–H groups in total. The fourth-order valence-electron chi connectivity index (χ4n) is 2.67. The molecular formula is C16H23ClF2N2O4. The highest BCUT2D eigenvalue weighted by Crippen LogP contribution is 2.30. The number of halogens is 3. The van der Waals surface area contributed by atoms with Crippen molar-refractivity contribution in [3.05, 3.63) is 23.8 Å². The van der Waals surface area contributed by atoms with Crippen molar-refractivity contribution >= 4 is 18.3 Å². The van der Waals surface area contributed by atoms with Gasteiger partial charge >= 0.3 is 6.61 Å². The average Bonchev–Trinajstić information content (AvgIpc) is 3.03. The number of carbonyl (C=O) groups excluding carboxylic acids is 1. The quantitative estimate of drug-likeness (QED) is 0.784. The van der Waals surface area contributed by atoms with Crippen molar-refractivity contribution in [3.63, 3.8) is 0 Å². The summed E-state index contributed by atoms with van der Waals surface area (Å²) in [5.41, 5.74) is 6.19. The van der Waals surface area contributed by atoms with Gasteiger partial charge in [0.05, 0.1) is 13.2 Å². The standard InChI is InChI=1S/C16H22F2N2O4.ClH/c1-20(15(21)13-6-4-11(8-19)23-13)9-10-3-5-12(22-2)14(7-10)24-16(17)18;/h3,5,7,11,13,16H,4,6,8-9,19H2,1-2H3;1H/t11-,13+;/m1./s1. The Morgan fingerprint density at radius 3 is 2.68 bits per heavy atom. The van der Waals surface area contributed by atoms with Crippen LogP contribution in [0.1, 0.15) is 18.4 Å². The maximum atomic E-state index is 12.5. The minimum Gasteiger partial charge on any atom is -0.493 e. The molecule has 1 aromatic rings. The van der Waals surface area contributed by atoms with Crippen molar-refractivity contribution in [2.45, 2.75) is 38.2 Å². The lowest BCUT2D eigenvalue weighted by Gasteiger charge is -2.22. The van der Waals surface area contributed by atoms with Crippen LogP contribution in [0.15, 0.2) is 18.2 Å². The van der Waals surface area contributed by atoms with E-state index < -0.39 is 12.7 Å². The van der Waals surface area contributed by atoms with Gasteiger partial charge < -0.3 is 24.8 Å². The van der Waals surface area contributed by atoms with Crippen LogP contribution in [0, 0.1) is 0 Å². The number of carbonyl (C=O) groups is 1. The van der Waals surface area contributed by atoms with Gasteiger partial charge in [-0.2, -0.15) is 8.78 Å². The maximum absolute atomic E-state index is 12.5. The van der Waals surface area contributed by atoms with Gasteiger partial charge in [0.1, 0.15) is 6.10 Å². The summed E-state index contributed by atoms with van der Waals surface area (Å²) >= 11 is 0. The Labute approximate surface area is 151 Å². The number of rotatable bonds is 7. The van der Waals surface area contributed by atoms with Crippen molar-refractivity contribution in [1.82, 2.24) is 4.90 Å². The second-order valence-corrected chi connectivity index (χ2v) is 5.62. The molecule has 9 heteroatoms. The minimum absolute atomic E-state index is 0. The van der Waals surface area contributed by atoms with Gasteiger partial charge in [0.25, 0.3) is 5.91 Å². The van der Waals surface area contributed by atoms with E-state index in [4.69, 9.17) is 15.2 Å². The number of likely N-dealkylation sites (N-methyl/N-ethyl adjacent to an activating group) is 1. The third-order valence-corrected chi connectivity index (χ3v) is 3.89. The molecule has 1 aromatic carbocycles. The third kappa shape index (κ3) is 5.69. The summed E-state index contributed by atoms with van der Waals surface area (Å²) in [5, 5.41) is 0. The van der Waals surface area contributed by atoms with Gasteiger partial charge in [0.15, 0.2) is 11.5 Å².